The SMILES string of the molecule is [C-]#[N+]CCOP(OC1CC(n2nc(C#CCNC(=O)Cc3cc(C(C)(C)C)c(C(C)(C)C)cc3C)c3c(N)ncnc32)OC1COC(c1ccccc1)(c1ccc(OC)cc1)c1ccc(OC)cc1)N(C(C)C)C(C)C. The number of rotatable bonds is 20. The number of hydrogen-bond acceptors (Lipinski definition) is 12. The number of amides is 1. The molecule has 0 bridgehead atoms. The highest BCUT2D eigenvalue weighted by molar-refractivity contribution is 7.44. The van der Waals surface area contributed by atoms with Crippen molar-refractivity contribution in [2.75, 3.05) is 46.3 Å². The molecule has 7 rings (SSSR count). The maximum absolute atomic E-state index is 13.5. The molecule has 0 spiro atoms. The summed E-state index contributed by atoms with van der Waals surface area (Å²) in [6.45, 7) is 31.8. The van der Waals surface area contributed by atoms with Crippen LogP contribution in [-0.4, -0.2) is 95.1 Å². The molecule has 0 aliphatic carbocycles. The molecule has 4 unspecified atom stereocenters. The van der Waals surface area contributed by atoms with Crippen LogP contribution in [0.1, 0.15) is 127 Å². The average molecular weight is 1050 g/mol. The van der Waals surface area contributed by atoms with Gasteiger partial charge in [0, 0.05) is 18.5 Å². The van der Waals surface area contributed by atoms with Crippen LogP contribution in [0.4, 0.5) is 5.82 Å². The van der Waals surface area contributed by atoms with E-state index in [4.69, 9.17) is 45.4 Å². The van der Waals surface area contributed by atoms with Crippen LogP contribution in [0.2, 0.25) is 0 Å². The summed E-state index contributed by atoms with van der Waals surface area (Å²) in [6.07, 6.45) is -0.127. The predicted octanol–water partition coefficient (Wildman–Crippen LogP) is 11.0. The second-order valence-electron chi connectivity index (χ2n) is 21.7. The third-order valence-corrected chi connectivity index (χ3v) is 15.7. The number of aryl methyl sites for hydroxylation is 1. The highest BCUT2D eigenvalue weighted by Gasteiger charge is 2.46. The Morgan fingerprint density at radius 1 is 0.895 bits per heavy atom. The third-order valence-electron chi connectivity index (χ3n) is 13.5. The van der Waals surface area contributed by atoms with Crippen molar-refractivity contribution >= 4 is 31.3 Å². The van der Waals surface area contributed by atoms with Crippen LogP contribution in [-0.2, 0) is 46.2 Å². The number of ether oxygens (including phenoxy) is 4. The van der Waals surface area contributed by atoms with Gasteiger partial charge >= 0.3 is 0 Å². The molecular formula is C60H75N8O7P. The van der Waals surface area contributed by atoms with Crippen LogP contribution >= 0.6 is 8.53 Å². The minimum absolute atomic E-state index is 0.0431. The highest BCUT2D eigenvalue weighted by atomic mass is 31.2. The number of nitrogens with one attached hydrogen (secondary N) is 1. The molecule has 1 saturated heterocycles. The van der Waals surface area contributed by atoms with Crippen molar-refractivity contribution in [2.45, 2.75) is 136 Å². The molecule has 2 aromatic heterocycles. The maximum Gasteiger partial charge on any atom is 0.259 e. The Hall–Kier alpha value is -6.42. The van der Waals surface area contributed by atoms with Crippen molar-refractivity contribution in [3.05, 3.63) is 153 Å². The zero-order valence-electron chi connectivity index (χ0n) is 46.4. The Labute approximate surface area is 451 Å². The molecule has 1 aliphatic heterocycles. The Morgan fingerprint density at radius 2 is 1.49 bits per heavy atom. The number of aromatic nitrogens is 4. The molecule has 1 fully saturated rings. The summed E-state index contributed by atoms with van der Waals surface area (Å²) in [6, 6.07) is 30.4. The van der Waals surface area contributed by atoms with E-state index >= 15 is 0 Å². The van der Waals surface area contributed by atoms with Gasteiger partial charge in [-0.05, 0) is 115 Å². The van der Waals surface area contributed by atoms with Gasteiger partial charge in [-0.15, -0.1) is 0 Å². The van der Waals surface area contributed by atoms with Crippen molar-refractivity contribution in [1.82, 2.24) is 29.7 Å². The molecular weight excluding hydrogens is 976 g/mol. The molecule has 6 aromatic rings. The number of benzene rings is 4. The van der Waals surface area contributed by atoms with Crippen LogP contribution < -0.4 is 20.5 Å². The van der Waals surface area contributed by atoms with Crippen LogP contribution in [0.3, 0.4) is 0 Å². The molecule has 1 aliphatic rings. The van der Waals surface area contributed by atoms with Crippen molar-refractivity contribution < 1.29 is 32.8 Å². The molecule has 15 nitrogen and oxygen atoms in total. The number of nitrogen functional groups attached to an aromatic ring is 1. The second-order valence-corrected chi connectivity index (χ2v) is 23.1. The normalized spacial score (nSPS) is 16.4. The fourth-order valence-corrected chi connectivity index (χ4v) is 11.5. The zero-order valence-corrected chi connectivity index (χ0v) is 47.3. The third kappa shape index (κ3) is 13.0. The Bertz CT molecular complexity index is 2970. The molecule has 76 heavy (non-hydrogen) atoms. The Kier molecular flexibility index (Phi) is 18.6. The molecule has 16 heteroatoms. The van der Waals surface area contributed by atoms with Gasteiger partial charge in [-0.2, -0.15) is 5.10 Å². The molecule has 4 atom stereocenters. The maximum atomic E-state index is 13.5. The summed E-state index contributed by atoms with van der Waals surface area (Å²) >= 11 is 0. The van der Waals surface area contributed by atoms with E-state index in [9.17, 15) is 4.79 Å². The summed E-state index contributed by atoms with van der Waals surface area (Å²) in [5, 5.41) is 8.46. The first kappa shape index (κ1) is 57.3. The molecule has 0 radical (unpaired) electrons. The van der Waals surface area contributed by atoms with Crippen LogP contribution in [0.15, 0.2) is 97.3 Å². The van der Waals surface area contributed by atoms with E-state index in [-0.39, 0.29) is 67.4 Å². The number of hydrogen-bond donors (Lipinski definition) is 2. The monoisotopic (exact) mass is 1050 g/mol. The predicted molar refractivity (Wildman–Crippen MR) is 300 cm³/mol. The van der Waals surface area contributed by atoms with Crippen molar-refractivity contribution in [3.8, 4) is 23.3 Å². The fraction of sp³-hybridized carbons (Fsp3) is 0.450. The highest BCUT2D eigenvalue weighted by Crippen LogP contribution is 2.51. The minimum atomic E-state index is -1.71. The second kappa shape index (κ2) is 24.7. The summed E-state index contributed by atoms with van der Waals surface area (Å²) in [4.78, 5) is 26.1. The van der Waals surface area contributed by atoms with Gasteiger partial charge in [-0.3, -0.25) is 4.79 Å². The van der Waals surface area contributed by atoms with E-state index in [1.54, 1.807) is 18.9 Å². The zero-order chi connectivity index (χ0) is 55.0. The first-order valence-corrected chi connectivity index (χ1v) is 27.1. The number of nitrogens with two attached hydrogens (primary N) is 1. The Morgan fingerprint density at radius 3 is 2.05 bits per heavy atom. The lowest BCUT2D eigenvalue weighted by atomic mass is 9.73. The quantitative estimate of drug-likeness (QED) is 0.0245. The van der Waals surface area contributed by atoms with E-state index in [0.717, 1.165) is 27.8 Å². The van der Waals surface area contributed by atoms with Crippen LogP contribution in [0, 0.1) is 25.3 Å². The van der Waals surface area contributed by atoms with E-state index in [1.807, 2.05) is 66.7 Å². The van der Waals surface area contributed by atoms with Gasteiger partial charge in [0.15, 0.2) is 11.9 Å². The summed E-state index contributed by atoms with van der Waals surface area (Å²) < 4.78 is 43.3. The molecule has 402 valence electrons. The van der Waals surface area contributed by atoms with E-state index in [0.29, 0.717) is 34.6 Å². The topological polar surface area (TPSA) is 162 Å². The molecule has 3 heterocycles. The molecule has 0 saturated carbocycles. The fourth-order valence-electron chi connectivity index (χ4n) is 9.77. The van der Waals surface area contributed by atoms with E-state index in [2.05, 4.69) is 137 Å². The van der Waals surface area contributed by atoms with Gasteiger partial charge < -0.3 is 43.9 Å². The number of nitrogens with zero attached hydrogens (tertiary/aromatic N) is 6. The molecule has 4 aromatic carbocycles. The minimum Gasteiger partial charge on any atom is -0.497 e. The lowest BCUT2D eigenvalue weighted by Gasteiger charge is -2.39. The lowest BCUT2D eigenvalue weighted by Crippen LogP contribution is -2.39. The summed E-state index contributed by atoms with van der Waals surface area (Å²) in [5.41, 5.74) is 13.2. The number of methoxy groups -OCH3 is 2. The van der Waals surface area contributed by atoms with E-state index < -0.39 is 32.6 Å². The van der Waals surface area contributed by atoms with Gasteiger partial charge in [0.2, 0.25) is 12.5 Å². The largest absolute Gasteiger partial charge is 0.497 e. The average Bonchev–Trinajstić information content (AvgIpc) is 3.97. The number of carbonyl (C=O) groups excluding carboxylic acids is 1. The number of anilines is 1. The van der Waals surface area contributed by atoms with Gasteiger partial charge in [0.1, 0.15) is 47.7 Å². The van der Waals surface area contributed by atoms with Crippen molar-refractivity contribution in [2.24, 2.45) is 0 Å². The Balaban J connectivity index is 1.24. The van der Waals surface area contributed by atoms with Crippen LogP contribution in [0.5, 0.6) is 11.5 Å². The first-order chi connectivity index (χ1) is 36.2. The summed E-state index contributed by atoms with van der Waals surface area (Å²) in [5.74, 6) is 7.74. The smallest absolute Gasteiger partial charge is 0.259 e. The van der Waals surface area contributed by atoms with Gasteiger partial charge in [-0.1, -0.05) is 114 Å². The van der Waals surface area contributed by atoms with Gasteiger partial charge in [-0.25, -0.2) is 25.9 Å². The molecule has 3 N–H and O–H groups in total. The number of carbonyl (C=O) groups is 1. The first-order valence-electron chi connectivity index (χ1n) is 25.9. The van der Waals surface area contributed by atoms with Crippen LogP contribution in [0.25, 0.3) is 15.9 Å². The molecule has 1 amide bonds. The summed E-state index contributed by atoms with van der Waals surface area (Å²) in [7, 11) is 1.58. The van der Waals surface area contributed by atoms with Crippen molar-refractivity contribution in [1.29, 1.82) is 0 Å². The van der Waals surface area contributed by atoms with Crippen molar-refractivity contribution in [3.63, 3.8) is 0 Å². The van der Waals surface area contributed by atoms with E-state index in [1.165, 1.54) is 17.5 Å². The van der Waals surface area contributed by atoms with Gasteiger partial charge in [0.05, 0.1) is 45.3 Å². The standard InChI is InChI=1S/C60H75N8O7P/c1-39(2)68(40(3)4)76(73-32-31-62-12)75-51-36-54(74-52(51)37-72-60(43-19-16-15-17-20-43,44-22-26-46(70-13)27-23-44)45-24-28-47(71-14)29-25-45)67-57-55(56(61)64-38-65-57)50(66-67)21-18-30-63-53(69)35-42-34-49(59(9,10)11)48(33-41(42)5)58(6,7)8/h15-17,19-20,22-29,33-34,38-40,51-52,54H,30-32,35-37H2,1-11,13-14H3,(H,63,69)(H2,61,64,65). The number of fused-ring (bicyclic) bond motifs is 1. The lowest BCUT2D eigenvalue weighted by molar-refractivity contribution is -0.120. The van der Waals surface area contributed by atoms with Gasteiger partial charge in [0.25, 0.3) is 8.53 Å².